The fourth-order valence-corrected chi connectivity index (χ4v) is 3.79. The van der Waals surface area contributed by atoms with Gasteiger partial charge in [0.2, 0.25) is 0 Å². The van der Waals surface area contributed by atoms with Crippen molar-refractivity contribution in [2.45, 2.75) is 44.2 Å². The average Bonchev–Trinajstić information content (AvgIpc) is 2.56. The molecule has 130 valence electrons. The van der Waals surface area contributed by atoms with E-state index in [2.05, 4.69) is 54.2 Å². The number of aliphatic hydroxyl groups excluding tert-OH is 1. The van der Waals surface area contributed by atoms with Crippen LogP contribution in [0.5, 0.6) is 0 Å². The molecule has 1 aliphatic rings. The third kappa shape index (κ3) is 6.11. The van der Waals surface area contributed by atoms with Gasteiger partial charge < -0.3 is 10.0 Å². The van der Waals surface area contributed by atoms with Crippen molar-refractivity contribution in [3.05, 3.63) is 29.8 Å². The van der Waals surface area contributed by atoms with E-state index in [1.165, 1.54) is 36.4 Å². The SMILES string of the molecule is CSc1ccc(CN(CCO)CC2CCN(C(C)C)CC2)cc1. The summed E-state index contributed by atoms with van der Waals surface area (Å²) in [6, 6.07) is 9.49. The van der Waals surface area contributed by atoms with E-state index in [-0.39, 0.29) is 6.61 Å². The van der Waals surface area contributed by atoms with E-state index in [4.69, 9.17) is 0 Å². The first-order valence-electron chi connectivity index (χ1n) is 8.82. The Labute approximate surface area is 146 Å². The molecule has 1 heterocycles. The highest BCUT2D eigenvalue weighted by molar-refractivity contribution is 7.98. The van der Waals surface area contributed by atoms with Crippen LogP contribution in [-0.2, 0) is 6.54 Å². The van der Waals surface area contributed by atoms with Crippen LogP contribution in [0, 0.1) is 5.92 Å². The molecule has 0 atom stereocenters. The number of nitrogens with zero attached hydrogens (tertiary/aromatic N) is 2. The Bertz CT molecular complexity index is 441. The largest absolute Gasteiger partial charge is 0.395 e. The van der Waals surface area contributed by atoms with E-state index in [1.54, 1.807) is 11.8 Å². The highest BCUT2D eigenvalue weighted by Gasteiger charge is 2.22. The maximum atomic E-state index is 9.39. The maximum Gasteiger partial charge on any atom is 0.0558 e. The zero-order chi connectivity index (χ0) is 16.7. The van der Waals surface area contributed by atoms with Gasteiger partial charge in [-0.2, -0.15) is 0 Å². The number of hydrogen-bond acceptors (Lipinski definition) is 4. The number of benzene rings is 1. The summed E-state index contributed by atoms with van der Waals surface area (Å²) >= 11 is 1.78. The highest BCUT2D eigenvalue weighted by atomic mass is 32.2. The molecule has 4 heteroatoms. The first kappa shape index (κ1) is 18.8. The molecule has 1 fully saturated rings. The number of aliphatic hydroxyl groups is 1. The minimum absolute atomic E-state index is 0.244. The molecule has 0 radical (unpaired) electrons. The van der Waals surface area contributed by atoms with E-state index in [0.29, 0.717) is 6.04 Å². The molecule has 0 amide bonds. The van der Waals surface area contributed by atoms with Crippen LogP contribution in [0.1, 0.15) is 32.3 Å². The van der Waals surface area contributed by atoms with Crippen LogP contribution in [0.4, 0.5) is 0 Å². The molecule has 0 unspecified atom stereocenters. The van der Waals surface area contributed by atoms with Crippen LogP contribution in [-0.4, -0.2) is 60.0 Å². The van der Waals surface area contributed by atoms with Crippen molar-refractivity contribution >= 4 is 11.8 Å². The molecule has 1 aliphatic heterocycles. The van der Waals surface area contributed by atoms with Crippen LogP contribution in [0.25, 0.3) is 0 Å². The quantitative estimate of drug-likeness (QED) is 0.737. The number of thioether (sulfide) groups is 1. The van der Waals surface area contributed by atoms with Gasteiger partial charge in [-0.05, 0) is 69.6 Å². The molecule has 1 aromatic rings. The molecule has 0 aromatic heterocycles. The second-order valence-electron chi connectivity index (χ2n) is 6.88. The Hall–Kier alpha value is -0.550. The lowest BCUT2D eigenvalue weighted by Gasteiger charge is -2.36. The van der Waals surface area contributed by atoms with E-state index < -0.39 is 0 Å². The second kappa shape index (κ2) is 9.67. The molecule has 1 saturated heterocycles. The molecular formula is C19H32N2OS. The van der Waals surface area contributed by atoms with Crippen LogP contribution in [0.3, 0.4) is 0 Å². The summed E-state index contributed by atoms with van der Waals surface area (Å²) in [6.45, 7) is 10.1. The van der Waals surface area contributed by atoms with Gasteiger partial charge in [0.1, 0.15) is 0 Å². The number of likely N-dealkylation sites (tertiary alicyclic amines) is 1. The van der Waals surface area contributed by atoms with Gasteiger partial charge in [0, 0.05) is 30.6 Å². The normalized spacial score (nSPS) is 17.3. The predicted molar refractivity (Wildman–Crippen MR) is 100 cm³/mol. The fraction of sp³-hybridized carbons (Fsp3) is 0.684. The van der Waals surface area contributed by atoms with E-state index in [1.807, 2.05) is 0 Å². The van der Waals surface area contributed by atoms with Gasteiger partial charge in [-0.3, -0.25) is 4.90 Å². The second-order valence-corrected chi connectivity index (χ2v) is 7.76. The van der Waals surface area contributed by atoms with Crippen molar-refractivity contribution in [2.75, 3.05) is 39.0 Å². The van der Waals surface area contributed by atoms with Crippen molar-refractivity contribution in [1.29, 1.82) is 0 Å². The molecule has 1 aromatic carbocycles. The lowest BCUT2D eigenvalue weighted by molar-refractivity contribution is 0.109. The van der Waals surface area contributed by atoms with E-state index >= 15 is 0 Å². The van der Waals surface area contributed by atoms with Crippen LogP contribution < -0.4 is 0 Å². The molecule has 0 spiro atoms. The summed E-state index contributed by atoms with van der Waals surface area (Å²) < 4.78 is 0. The Morgan fingerprint density at radius 2 is 1.87 bits per heavy atom. The molecule has 0 bridgehead atoms. The lowest BCUT2D eigenvalue weighted by Crippen LogP contribution is -2.42. The Kier molecular flexibility index (Phi) is 7.90. The molecule has 3 nitrogen and oxygen atoms in total. The third-order valence-corrected chi connectivity index (χ3v) is 5.62. The standard InChI is InChI=1S/C19H32N2OS/c1-16(2)21-10-8-18(9-11-21)15-20(12-13-22)14-17-4-6-19(23-3)7-5-17/h4-7,16,18,22H,8-15H2,1-3H3. The van der Waals surface area contributed by atoms with Gasteiger partial charge >= 0.3 is 0 Å². The maximum absolute atomic E-state index is 9.39. The van der Waals surface area contributed by atoms with Crippen molar-refractivity contribution in [3.8, 4) is 0 Å². The summed E-state index contributed by atoms with van der Waals surface area (Å²) in [5.41, 5.74) is 1.34. The fourth-order valence-electron chi connectivity index (χ4n) is 3.38. The minimum atomic E-state index is 0.244. The summed E-state index contributed by atoms with van der Waals surface area (Å²) in [6.07, 6.45) is 4.67. The van der Waals surface area contributed by atoms with Crippen molar-refractivity contribution < 1.29 is 5.11 Å². The zero-order valence-corrected chi connectivity index (χ0v) is 15.7. The smallest absolute Gasteiger partial charge is 0.0558 e. The van der Waals surface area contributed by atoms with Gasteiger partial charge in [0.15, 0.2) is 0 Å². The molecule has 23 heavy (non-hydrogen) atoms. The van der Waals surface area contributed by atoms with Gasteiger partial charge in [-0.1, -0.05) is 12.1 Å². The molecular weight excluding hydrogens is 304 g/mol. The molecule has 0 saturated carbocycles. The topological polar surface area (TPSA) is 26.7 Å². The van der Waals surface area contributed by atoms with Gasteiger partial charge in [0.05, 0.1) is 6.61 Å². The molecule has 1 N–H and O–H groups in total. The zero-order valence-electron chi connectivity index (χ0n) is 14.9. The monoisotopic (exact) mass is 336 g/mol. The molecule has 0 aliphatic carbocycles. The minimum Gasteiger partial charge on any atom is -0.395 e. The van der Waals surface area contributed by atoms with Gasteiger partial charge in [0.25, 0.3) is 0 Å². The van der Waals surface area contributed by atoms with Crippen molar-refractivity contribution in [1.82, 2.24) is 9.80 Å². The van der Waals surface area contributed by atoms with Crippen molar-refractivity contribution in [2.24, 2.45) is 5.92 Å². The van der Waals surface area contributed by atoms with Crippen LogP contribution in [0.15, 0.2) is 29.2 Å². The summed E-state index contributed by atoms with van der Waals surface area (Å²) in [4.78, 5) is 6.31. The highest BCUT2D eigenvalue weighted by Crippen LogP contribution is 2.21. The van der Waals surface area contributed by atoms with Crippen LogP contribution >= 0.6 is 11.8 Å². The molecule has 2 rings (SSSR count). The predicted octanol–water partition coefficient (Wildman–Crippen LogP) is 3.32. The summed E-state index contributed by atoms with van der Waals surface area (Å²) in [7, 11) is 0. The Morgan fingerprint density at radius 1 is 1.22 bits per heavy atom. The van der Waals surface area contributed by atoms with Crippen LogP contribution in [0.2, 0.25) is 0 Å². The number of piperidine rings is 1. The Morgan fingerprint density at radius 3 is 2.39 bits per heavy atom. The van der Waals surface area contributed by atoms with Crippen molar-refractivity contribution in [3.63, 3.8) is 0 Å². The summed E-state index contributed by atoms with van der Waals surface area (Å²) in [5.74, 6) is 0.766. The first-order valence-corrected chi connectivity index (χ1v) is 10.0. The average molecular weight is 337 g/mol. The Balaban J connectivity index is 1.86. The van der Waals surface area contributed by atoms with E-state index in [0.717, 1.165) is 25.6 Å². The number of rotatable bonds is 8. The van der Waals surface area contributed by atoms with Gasteiger partial charge in [-0.15, -0.1) is 11.8 Å². The van der Waals surface area contributed by atoms with E-state index in [9.17, 15) is 5.11 Å². The third-order valence-electron chi connectivity index (χ3n) is 4.88. The first-order chi connectivity index (χ1) is 11.1. The summed E-state index contributed by atoms with van der Waals surface area (Å²) in [5, 5.41) is 9.39. The van der Waals surface area contributed by atoms with Gasteiger partial charge in [-0.25, -0.2) is 0 Å². The number of hydrogen-bond donors (Lipinski definition) is 1. The lowest BCUT2D eigenvalue weighted by atomic mass is 9.95.